The molecule has 2 aromatic carbocycles. The molecule has 1 aliphatic carbocycles. The van der Waals surface area contributed by atoms with E-state index in [0.717, 1.165) is 12.8 Å². The van der Waals surface area contributed by atoms with Crippen LogP contribution in [0.15, 0.2) is 53.3 Å². The first kappa shape index (κ1) is 17.7. The highest BCUT2D eigenvalue weighted by atomic mass is 35.5. The summed E-state index contributed by atoms with van der Waals surface area (Å²) < 4.78 is 1.58. The maximum Gasteiger partial charge on any atom is 0.266 e. The zero-order valence-corrected chi connectivity index (χ0v) is 16.0. The van der Waals surface area contributed by atoms with Crippen molar-refractivity contribution >= 4 is 28.4 Å². The minimum absolute atomic E-state index is 0.104. The standard InChI is InChI=1S/C21H20ClN3O2/c1-13(24(2)20(26)14-7-8-14)19-23-18-6-4-3-5-17(18)21(27)25(19)16-11-9-15(22)10-12-16/h3-6,9-14H,7-8H2,1-2H3. The molecule has 1 amide bonds. The van der Waals surface area contributed by atoms with Crippen LogP contribution in [-0.4, -0.2) is 27.4 Å². The van der Waals surface area contributed by atoms with Crippen molar-refractivity contribution in [2.45, 2.75) is 25.8 Å². The molecule has 27 heavy (non-hydrogen) atoms. The minimum atomic E-state index is -0.342. The van der Waals surface area contributed by atoms with Crippen LogP contribution < -0.4 is 5.56 Å². The molecule has 0 spiro atoms. The molecule has 4 rings (SSSR count). The summed E-state index contributed by atoms with van der Waals surface area (Å²) in [6, 6.07) is 14.0. The number of rotatable bonds is 4. The van der Waals surface area contributed by atoms with Gasteiger partial charge in [0.2, 0.25) is 5.91 Å². The molecular formula is C21H20ClN3O2. The summed E-state index contributed by atoms with van der Waals surface area (Å²) in [5.41, 5.74) is 1.15. The van der Waals surface area contributed by atoms with E-state index in [1.165, 1.54) is 0 Å². The highest BCUT2D eigenvalue weighted by Crippen LogP contribution is 2.33. The molecule has 0 aliphatic heterocycles. The predicted molar refractivity (Wildman–Crippen MR) is 106 cm³/mol. The number of nitrogens with zero attached hydrogens (tertiary/aromatic N) is 3. The summed E-state index contributed by atoms with van der Waals surface area (Å²) in [4.78, 5) is 32.3. The van der Waals surface area contributed by atoms with Crippen LogP contribution in [0.2, 0.25) is 5.02 Å². The fraction of sp³-hybridized carbons (Fsp3) is 0.286. The molecule has 1 aromatic heterocycles. The fourth-order valence-electron chi connectivity index (χ4n) is 3.25. The lowest BCUT2D eigenvalue weighted by Crippen LogP contribution is -2.35. The van der Waals surface area contributed by atoms with Gasteiger partial charge in [-0.2, -0.15) is 0 Å². The number of halogens is 1. The molecule has 1 aliphatic rings. The van der Waals surface area contributed by atoms with Crippen LogP contribution in [0.5, 0.6) is 0 Å². The van der Waals surface area contributed by atoms with Gasteiger partial charge < -0.3 is 4.90 Å². The normalized spacial score (nSPS) is 14.9. The van der Waals surface area contributed by atoms with Crippen LogP contribution in [0.25, 0.3) is 16.6 Å². The first-order valence-corrected chi connectivity index (χ1v) is 9.39. The van der Waals surface area contributed by atoms with Crippen molar-refractivity contribution in [1.29, 1.82) is 0 Å². The summed E-state index contributed by atoms with van der Waals surface area (Å²) in [6.45, 7) is 1.91. The number of aromatic nitrogens is 2. The van der Waals surface area contributed by atoms with Crippen LogP contribution in [0.4, 0.5) is 0 Å². The van der Waals surface area contributed by atoms with Gasteiger partial charge in [-0.1, -0.05) is 23.7 Å². The number of fused-ring (bicyclic) bond motifs is 1. The average Bonchev–Trinajstić information content (AvgIpc) is 3.52. The van der Waals surface area contributed by atoms with Gasteiger partial charge in [-0.15, -0.1) is 0 Å². The first-order valence-electron chi connectivity index (χ1n) is 9.01. The predicted octanol–water partition coefficient (Wildman–Crippen LogP) is 3.97. The Morgan fingerprint density at radius 3 is 2.52 bits per heavy atom. The van der Waals surface area contributed by atoms with Crippen molar-refractivity contribution < 1.29 is 4.79 Å². The number of para-hydroxylation sites is 1. The molecule has 1 saturated carbocycles. The van der Waals surface area contributed by atoms with Crippen molar-refractivity contribution in [1.82, 2.24) is 14.5 Å². The van der Waals surface area contributed by atoms with Gasteiger partial charge in [0.05, 0.1) is 22.6 Å². The number of carbonyl (C=O) groups excluding carboxylic acids is 1. The second-order valence-electron chi connectivity index (χ2n) is 7.00. The van der Waals surface area contributed by atoms with Crippen molar-refractivity contribution in [3.05, 3.63) is 69.7 Å². The summed E-state index contributed by atoms with van der Waals surface area (Å²) in [6.07, 6.45) is 1.87. The third-order valence-corrected chi connectivity index (χ3v) is 5.37. The lowest BCUT2D eigenvalue weighted by Gasteiger charge is -2.27. The van der Waals surface area contributed by atoms with Gasteiger partial charge in [-0.3, -0.25) is 14.2 Å². The molecule has 0 N–H and O–H groups in total. The van der Waals surface area contributed by atoms with Crippen molar-refractivity contribution in [3.63, 3.8) is 0 Å². The van der Waals surface area contributed by atoms with Crippen LogP contribution >= 0.6 is 11.6 Å². The number of carbonyl (C=O) groups is 1. The summed E-state index contributed by atoms with van der Waals surface area (Å²) >= 11 is 6.01. The van der Waals surface area contributed by atoms with E-state index < -0.39 is 0 Å². The molecule has 0 bridgehead atoms. The first-order chi connectivity index (χ1) is 13.0. The zero-order valence-electron chi connectivity index (χ0n) is 15.2. The molecule has 1 fully saturated rings. The smallest absolute Gasteiger partial charge is 0.266 e. The van der Waals surface area contributed by atoms with Gasteiger partial charge in [0.1, 0.15) is 5.82 Å². The highest BCUT2D eigenvalue weighted by Gasteiger charge is 2.35. The Morgan fingerprint density at radius 2 is 1.85 bits per heavy atom. The van der Waals surface area contributed by atoms with Gasteiger partial charge in [0.25, 0.3) is 5.56 Å². The van der Waals surface area contributed by atoms with E-state index in [2.05, 4.69) is 0 Å². The van der Waals surface area contributed by atoms with Gasteiger partial charge in [-0.05, 0) is 56.2 Å². The van der Waals surface area contributed by atoms with Crippen LogP contribution in [0.3, 0.4) is 0 Å². The Balaban J connectivity index is 1.91. The van der Waals surface area contributed by atoms with Crippen LogP contribution in [0, 0.1) is 5.92 Å². The van der Waals surface area contributed by atoms with Gasteiger partial charge >= 0.3 is 0 Å². The maximum absolute atomic E-state index is 13.3. The molecule has 6 heteroatoms. The Kier molecular flexibility index (Phi) is 4.48. The summed E-state index contributed by atoms with van der Waals surface area (Å²) in [5.74, 6) is 0.749. The van der Waals surface area contributed by atoms with Gasteiger partial charge in [-0.25, -0.2) is 4.98 Å². The Labute approximate surface area is 162 Å². The molecular weight excluding hydrogens is 362 g/mol. The molecule has 0 radical (unpaired) electrons. The van der Waals surface area contributed by atoms with E-state index >= 15 is 0 Å². The van der Waals surface area contributed by atoms with Crippen molar-refractivity contribution in [2.75, 3.05) is 7.05 Å². The number of hydrogen-bond donors (Lipinski definition) is 0. The van der Waals surface area contributed by atoms with Gasteiger partial charge in [0.15, 0.2) is 0 Å². The lowest BCUT2D eigenvalue weighted by molar-refractivity contribution is -0.133. The Morgan fingerprint density at radius 1 is 1.19 bits per heavy atom. The van der Waals surface area contributed by atoms with E-state index in [1.807, 2.05) is 25.1 Å². The molecule has 1 atom stereocenters. The Hall–Kier alpha value is -2.66. The highest BCUT2D eigenvalue weighted by molar-refractivity contribution is 6.30. The van der Waals surface area contributed by atoms with E-state index in [4.69, 9.17) is 16.6 Å². The molecule has 3 aromatic rings. The molecule has 138 valence electrons. The largest absolute Gasteiger partial charge is 0.336 e. The SMILES string of the molecule is CC(c1nc2ccccc2c(=O)n1-c1ccc(Cl)cc1)N(C)C(=O)C1CC1. The van der Waals surface area contributed by atoms with Crippen molar-refractivity contribution in [2.24, 2.45) is 5.92 Å². The van der Waals surface area contributed by atoms with Gasteiger partial charge in [0, 0.05) is 18.0 Å². The number of amides is 1. The van der Waals surface area contributed by atoms with Crippen molar-refractivity contribution in [3.8, 4) is 5.69 Å². The molecule has 1 unspecified atom stereocenters. The molecule has 5 nitrogen and oxygen atoms in total. The number of benzene rings is 2. The third kappa shape index (κ3) is 3.23. The molecule has 0 saturated heterocycles. The van der Waals surface area contributed by atoms with E-state index in [-0.39, 0.29) is 23.4 Å². The maximum atomic E-state index is 13.3. The Bertz CT molecular complexity index is 1070. The number of hydrogen-bond acceptors (Lipinski definition) is 3. The van der Waals surface area contributed by atoms with Crippen LogP contribution in [-0.2, 0) is 4.79 Å². The monoisotopic (exact) mass is 381 g/mol. The van der Waals surface area contributed by atoms with E-state index in [1.54, 1.807) is 46.8 Å². The second-order valence-corrected chi connectivity index (χ2v) is 7.44. The summed E-state index contributed by atoms with van der Waals surface area (Å²) in [7, 11) is 1.78. The van der Waals surface area contributed by atoms with Crippen LogP contribution in [0.1, 0.15) is 31.6 Å². The topological polar surface area (TPSA) is 55.2 Å². The summed E-state index contributed by atoms with van der Waals surface area (Å²) in [5, 5.41) is 1.13. The van der Waals surface area contributed by atoms with E-state index in [9.17, 15) is 9.59 Å². The third-order valence-electron chi connectivity index (χ3n) is 5.12. The quantitative estimate of drug-likeness (QED) is 0.687. The minimum Gasteiger partial charge on any atom is -0.336 e. The molecule has 1 heterocycles. The fourth-order valence-corrected chi connectivity index (χ4v) is 3.38. The lowest BCUT2D eigenvalue weighted by atomic mass is 10.2. The average molecular weight is 382 g/mol. The zero-order chi connectivity index (χ0) is 19.1. The van der Waals surface area contributed by atoms with E-state index in [0.29, 0.717) is 27.4 Å². The second kappa shape index (κ2) is 6.82.